The molecule has 0 fully saturated rings. The van der Waals surface area contributed by atoms with E-state index in [0.29, 0.717) is 5.56 Å². The van der Waals surface area contributed by atoms with Crippen LogP contribution in [0.3, 0.4) is 0 Å². The van der Waals surface area contributed by atoms with Crippen LogP contribution in [0.1, 0.15) is 10.4 Å². The zero-order valence-corrected chi connectivity index (χ0v) is 7.81. The van der Waals surface area contributed by atoms with Crippen molar-refractivity contribution in [3.63, 3.8) is 0 Å². The fraction of sp³-hybridized carbons (Fsp3) is 0.375. The second-order valence-electron chi connectivity index (χ2n) is 2.66. The highest BCUT2D eigenvalue weighted by atomic mass is 16.5. The monoisotopic (exact) mass is 181 g/mol. The molecular weight excluding hydrogens is 170 g/mol. The van der Waals surface area contributed by atoms with Crippen molar-refractivity contribution in [1.82, 2.24) is 14.9 Å². The summed E-state index contributed by atoms with van der Waals surface area (Å²) in [4.78, 5) is 20.5. The molecule has 70 valence electrons. The third-order valence-electron chi connectivity index (χ3n) is 1.46. The summed E-state index contributed by atoms with van der Waals surface area (Å²) in [5.74, 6) is -0.123. The Bertz CT molecular complexity index is 295. The molecule has 0 aliphatic rings. The Kier molecular flexibility index (Phi) is 2.79. The summed E-state index contributed by atoms with van der Waals surface area (Å²) in [6, 6.07) is 0.260. The first kappa shape index (κ1) is 9.44. The van der Waals surface area contributed by atoms with Gasteiger partial charge >= 0.3 is 6.01 Å². The lowest BCUT2D eigenvalue weighted by molar-refractivity contribution is 0.0826. The van der Waals surface area contributed by atoms with E-state index >= 15 is 0 Å². The lowest BCUT2D eigenvalue weighted by Crippen LogP contribution is -2.21. The molecule has 0 N–H and O–H groups in total. The predicted octanol–water partition coefficient (Wildman–Crippen LogP) is 0.187. The first-order valence-corrected chi connectivity index (χ1v) is 3.73. The molecule has 0 unspecified atom stereocenters. The van der Waals surface area contributed by atoms with Gasteiger partial charge in [-0.1, -0.05) is 0 Å². The van der Waals surface area contributed by atoms with Gasteiger partial charge in [-0.25, -0.2) is 9.97 Å². The Morgan fingerprint density at radius 2 is 1.92 bits per heavy atom. The minimum atomic E-state index is -0.123. The maximum atomic E-state index is 11.3. The van der Waals surface area contributed by atoms with Crippen LogP contribution in [-0.2, 0) is 0 Å². The second kappa shape index (κ2) is 3.84. The highest BCUT2D eigenvalue weighted by Gasteiger charge is 2.08. The number of amides is 1. The topological polar surface area (TPSA) is 55.3 Å². The SMILES string of the molecule is COc1ncc(C(=O)N(C)C)cn1. The molecule has 5 nitrogen and oxygen atoms in total. The molecule has 0 aliphatic heterocycles. The van der Waals surface area contributed by atoms with Crippen molar-refractivity contribution in [2.45, 2.75) is 0 Å². The van der Waals surface area contributed by atoms with Crippen molar-refractivity contribution >= 4 is 5.91 Å². The normalized spacial score (nSPS) is 9.46. The molecule has 0 radical (unpaired) electrons. The molecule has 0 saturated heterocycles. The first-order chi connectivity index (χ1) is 6.15. The summed E-state index contributed by atoms with van der Waals surface area (Å²) in [7, 11) is 4.82. The summed E-state index contributed by atoms with van der Waals surface area (Å²) in [5, 5.41) is 0. The average molecular weight is 181 g/mol. The zero-order valence-electron chi connectivity index (χ0n) is 7.81. The second-order valence-corrected chi connectivity index (χ2v) is 2.66. The van der Waals surface area contributed by atoms with E-state index in [-0.39, 0.29) is 11.9 Å². The lowest BCUT2D eigenvalue weighted by Gasteiger charge is -2.08. The molecule has 0 aliphatic carbocycles. The molecule has 0 spiro atoms. The molecule has 0 saturated carbocycles. The minimum absolute atomic E-state index is 0.123. The molecule has 0 bridgehead atoms. The van der Waals surface area contributed by atoms with Gasteiger partial charge in [0.1, 0.15) is 0 Å². The van der Waals surface area contributed by atoms with Gasteiger partial charge in [0, 0.05) is 26.5 Å². The van der Waals surface area contributed by atoms with E-state index in [1.807, 2.05) is 0 Å². The molecule has 0 atom stereocenters. The third kappa shape index (κ3) is 2.14. The van der Waals surface area contributed by atoms with Gasteiger partial charge in [0.2, 0.25) is 0 Å². The van der Waals surface area contributed by atoms with Gasteiger partial charge in [-0.15, -0.1) is 0 Å². The van der Waals surface area contributed by atoms with Crippen LogP contribution < -0.4 is 4.74 Å². The Labute approximate surface area is 76.4 Å². The van der Waals surface area contributed by atoms with Crippen LogP contribution in [0.25, 0.3) is 0 Å². The molecule has 1 heterocycles. The number of carbonyl (C=O) groups excluding carboxylic acids is 1. The Morgan fingerprint density at radius 3 is 2.31 bits per heavy atom. The van der Waals surface area contributed by atoms with Crippen molar-refractivity contribution in [1.29, 1.82) is 0 Å². The van der Waals surface area contributed by atoms with E-state index in [9.17, 15) is 4.79 Å². The van der Waals surface area contributed by atoms with E-state index < -0.39 is 0 Å². The van der Waals surface area contributed by atoms with E-state index in [1.54, 1.807) is 14.1 Å². The third-order valence-corrected chi connectivity index (χ3v) is 1.46. The molecule has 1 aromatic rings. The number of aromatic nitrogens is 2. The number of hydrogen-bond acceptors (Lipinski definition) is 4. The van der Waals surface area contributed by atoms with Crippen molar-refractivity contribution in [3.05, 3.63) is 18.0 Å². The molecular formula is C8H11N3O2. The molecule has 1 aromatic heterocycles. The number of hydrogen-bond donors (Lipinski definition) is 0. The summed E-state index contributed by atoms with van der Waals surface area (Å²) in [6.45, 7) is 0. The highest BCUT2D eigenvalue weighted by Crippen LogP contribution is 2.03. The number of methoxy groups -OCH3 is 1. The van der Waals surface area contributed by atoms with Crippen molar-refractivity contribution in [2.75, 3.05) is 21.2 Å². The largest absolute Gasteiger partial charge is 0.467 e. The Hall–Kier alpha value is -1.65. The average Bonchev–Trinajstić information content (AvgIpc) is 2.17. The van der Waals surface area contributed by atoms with Crippen LogP contribution in [-0.4, -0.2) is 42.0 Å². The van der Waals surface area contributed by atoms with Gasteiger partial charge in [-0.3, -0.25) is 4.79 Å². The number of ether oxygens (including phenoxy) is 1. The maximum absolute atomic E-state index is 11.3. The molecule has 1 amide bonds. The van der Waals surface area contributed by atoms with Gasteiger partial charge < -0.3 is 9.64 Å². The van der Waals surface area contributed by atoms with E-state index in [4.69, 9.17) is 4.74 Å². The number of carbonyl (C=O) groups is 1. The van der Waals surface area contributed by atoms with Crippen LogP contribution in [0.15, 0.2) is 12.4 Å². The van der Waals surface area contributed by atoms with E-state index in [2.05, 4.69) is 9.97 Å². The van der Waals surface area contributed by atoms with Crippen LogP contribution in [0.4, 0.5) is 0 Å². The number of nitrogens with zero attached hydrogens (tertiary/aromatic N) is 3. The Balaban J connectivity index is 2.86. The standard InChI is InChI=1S/C8H11N3O2/c1-11(2)7(12)6-4-9-8(13-3)10-5-6/h4-5H,1-3H3. The quantitative estimate of drug-likeness (QED) is 0.653. The van der Waals surface area contributed by atoms with Gasteiger partial charge in [0.05, 0.1) is 12.7 Å². The van der Waals surface area contributed by atoms with Crippen molar-refractivity contribution < 1.29 is 9.53 Å². The smallest absolute Gasteiger partial charge is 0.316 e. The maximum Gasteiger partial charge on any atom is 0.316 e. The van der Waals surface area contributed by atoms with Crippen molar-refractivity contribution in [3.8, 4) is 6.01 Å². The molecule has 13 heavy (non-hydrogen) atoms. The van der Waals surface area contributed by atoms with Crippen LogP contribution >= 0.6 is 0 Å². The van der Waals surface area contributed by atoms with Gasteiger partial charge in [-0.2, -0.15) is 0 Å². The molecule has 0 aromatic carbocycles. The summed E-state index contributed by atoms with van der Waals surface area (Å²) >= 11 is 0. The molecule has 5 heteroatoms. The summed E-state index contributed by atoms with van der Waals surface area (Å²) in [6.07, 6.45) is 2.88. The van der Waals surface area contributed by atoms with Crippen LogP contribution in [0.5, 0.6) is 6.01 Å². The fourth-order valence-corrected chi connectivity index (χ4v) is 0.790. The van der Waals surface area contributed by atoms with E-state index in [0.717, 1.165) is 0 Å². The van der Waals surface area contributed by atoms with Gasteiger partial charge in [0.25, 0.3) is 5.91 Å². The first-order valence-electron chi connectivity index (χ1n) is 3.73. The summed E-state index contributed by atoms with van der Waals surface area (Å²) in [5.41, 5.74) is 0.450. The lowest BCUT2D eigenvalue weighted by atomic mass is 10.3. The van der Waals surface area contributed by atoms with Gasteiger partial charge in [-0.05, 0) is 0 Å². The Morgan fingerprint density at radius 1 is 1.38 bits per heavy atom. The predicted molar refractivity (Wildman–Crippen MR) is 46.6 cm³/mol. The highest BCUT2D eigenvalue weighted by molar-refractivity contribution is 5.93. The minimum Gasteiger partial charge on any atom is -0.467 e. The van der Waals surface area contributed by atoms with Crippen LogP contribution in [0, 0.1) is 0 Å². The van der Waals surface area contributed by atoms with E-state index in [1.165, 1.54) is 24.4 Å². The fourth-order valence-electron chi connectivity index (χ4n) is 0.790. The number of rotatable bonds is 2. The summed E-state index contributed by atoms with van der Waals surface area (Å²) < 4.78 is 4.76. The van der Waals surface area contributed by atoms with Crippen LogP contribution in [0.2, 0.25) is 0 Å². The van der Waals surface area contributed by atoms with Gasteiger partial charge in [0.15, 0.2) is 0 Å². The molecule has 1 rings (SSSR count). The van der Waals surface area contributed by atoms with Crippen molar-refractivity contribution in [2.24, 2.45) is 0 Å². The zero-order chi connectivity index (χ0) is 9.84.